The van der Waals surface area contributed by atoms with E-state index < -0.39 is 5.91 Å². The molecular formula is C14H9BrClN3O. The number of anilines is 2. The second kappa shape index (κ2) is 5.95. The third-order valence-corrected chi connectivity index (χ3v) is 3.43. The standard InChI is InChI=1S/C14H9BrClN3O/c15-9-4-5-12(8(6-9)7-17)19-14(20)13-10(16)2-1-3-11(13)18/h1-6H,18H2,(H,19,20). The Morgan fingerprint density at radius 2 is 2.10 bits per heavy atom. The van der Waals surface area contributed by atoms with E-state index in [2.05, 4.69) is 21.2 Å². The summed E-state index contributed by atoms with van der Waals surface area (Å²) >= 11 is 9.24. The van der Waals surface area contributed by atoms with E-state index in [4.69, 9.17) is 22.6 Å². The molecule has 0 bridgehead atoms. The zero-order chi connectivity index (χ0) is 14.7. The van der Waals surface area contributed by atoms with Crippen LogP contribution in [0.5, 0.6) is 0 Å². The number of nitriles is 1. The Kier molecular flexibility index (Phi) is 4.28. The summed E-state index contributed by atoms with van der Waals surface area (Å²) < 4.78 is 0.754. The molecule has 0 aliphatic carbocycles. The third-order valence-electron chi connectivity index (χ3n) is 2.62. The van der Waals surface area contributed by atoms with Gasteiger partial charge in [0.1, 0.15) is 6.07 Å². The number of carbonyl (C=O) groups is 1. The highest BCUT2D eigenvalue weighted by molar-refractivity contribution is 9.10. The summed E-state index contributed by atoms with van der Waals surface area (Å²) in [7, 11) is 0. The topological polar surface area (TPSA) is 78.9 Å². The summed E-state index contributed by atoms with van der Waals surface area (Å²) in [5.41, 5.74) is 6.98. The van der Waals surface area contributed by atoms with Gasteiger partial charge in [-0.05, 0) is 30.3 Å². The Balaban J connectivity index is 2.36. The highest BCUT2D eigenvalue weighted by Crippen LogP contribution is 2.25. The van der Waals surface area contributed by atoms with Gasteiger partial charge in [-0.25, -0.2) is 0 Å². The van der Waals surface area contributed by atoms with E-state index in [1.807, 2.05) is 6.07 Å². The van der Waals surface area contributed by atoms with Crippen molar-refractivity contribution in [2.24, 2.45) is 0 Å². The lowest BCUT2D eigenvalue weighted by molar-refractivity contribution is 0.102. The van der Waals surface area contributed by atoms with Crippen molar-refractivity contribution < 1.29 is 4.79 Å². The third kappa shape index (κ3) is 2.93. The second-order valence-electron chi connectivity index (χ2n) is 3.96. The molecule has 0 unspecified atom stereocenters. The van der Waals surface area contributed by atoms with Crippen molar-refractivity contribution in [1.29, 1.82) is 5.26 Å². The molecule has 100 valence electrons. The minimum atomic E-state index is -0.452. The maximum absolute atomic E-state index is 12.2. The zero-order valence-corrected chi connectivity index (χ0v) is 12.5. The lowest BCUT2D eigenvalue weighted by Gasteiger charge is -2.10. The highest BCUT2D eigenvalue weighted by Gasteiger charge is 2.15. The number of amides is 1. The van der Waals surface area contributed by atoms with Crippen LogP contribution in [0.2, 0.25) is 5.02 Å². The second-order valence-corrected chi connectivity index (χ2v) is 5.28. The van der Waals surface area contributed by atoms with Crippen molar-refractivity contribution in [3.05, 3.63) is 57.0 Å². The molecule has 3 N–H and O–H groups in total. The van der Waals surface area contributed by atoms with Crippen LogP contribution in [0.25, 0.3) is 0 Å². The maximum atomic E-state index is 12.2. The van der Waals surface area contributed by atoms with Gasteiger partial charge in [0.15, 0.2) is 0 Å². The van der Waals surface area contributed by atoms with Gasteiger partial charge in [0.25, 0.3) is 5.91 Å². The molecule has 0 fully saturated rings. The number of hydrogen-bond donors (Lipinski definition) is 2. The largest absolute Gasteiger partial charge is 0.398 e. The Morgan fingerprint density at radius 3 is 2.75 bits per heavy atom. The SMILES string of the molecule is N#Cc1cc(Br)ccc1NC(=O)c1c(N)cccc1Cl. The van der Waals surface area contributed by atoms with E-state index in [0.29, 0.717) is 11.3 Å². The molecule has 20 heavy (non-hydrogen) atoms. The van der Waals surface area contributed by atoms with Gasteiger partial charge < -0.3 is 11.1 Å². The van der Waals surface area contributed by atoms with Gasteiger partial charge in [-0.15, -0.1) is 0 Å². The van der Waals surface area contributed by atoms with Crippen molar-refractivity contribution in [3.63, 3.8) is 0 Å². The van der Waals surface area contributed by atoms with E-state index in [9.17, 15) is 4.79 Å². The fraction of sp³-hybridized carbons (Fsp3) is 0. The molecule has 0 atom stereocenters. The van der Waals surface area contributed by atoms with Gasteiger partial charge >= 0.3 is 0 Å². The molecule has 0 saturated heterocycles. The molecule has 1 amide bonds. The number of nitrogens with two attached hydrogens (primary N) is 1. The van der Waals surface area contributed by atoms with E-state index in [-0.39, 0.29) is 16.3 Å². The van der Waals surface area contributed by atoms with Gasteiger partial charge in [-0.3, -0.25) is 4.79 Å². The van der Waals surface area contributed by atoms with Crippen LogP contribution in [0.4, 0.5) is 11.4 Å². The fourth-order valence-corrected chi connectivity index (χ4v) is 2.31. The van der Waals surface area contributed by atoms with Crippen LogP contribution in [0, 0.1) is 11.3 Å². The van der Waals surface area contributed by atoms with Crippen LogP contribution in [0.3, 0.4) is 0 Å². The quantitative estimate of drug-likeness (QED) is 0.808. The van der Waals surface area contributed by atoms with Gasteiger partial charge in [0, 0.05) is 10.2 Å². The van der Waals surface area contributed by atoms with Crippen molar-refractivity contribution in [2.45, 2.75) is 0 Å². The van der Waals surface area contributed by atoms with E-state index in [1.165, 1.54) is 0 Å². The van der Waals surface area contributed by atoms with Crippen LogP contribution in [0.1, 0.15) is 15.9 Å². The molecule has 2 aromatic carbocycles. The molecule has 0 heterocycles. The first-order valence-electron chi connectivity index (χ1n) is 5.58. The van der Waals surface area contributed by atoms with Gasteiger partial charge in [0.2, 0.25) is 0 Å². The Bertz CT molecular complexity index is 705. The van der Waals surface area contributed by atoms with Crippen LogP contribution < -0.4 is 11.1 Å². The highest BCUT2D eigenvalue weighted by atomic mass is 79.9. The molecule has 0 aliphatic rings. The average Bonchev–Trinajstić information content (AvgIpc) is 2.40. The molecule has 4 nitrogen and oxygen atoms in total. The van der Waals surface area contributed by atoms with Crippen LogP contribution in [0.15, 0.2) is 40.9 Å². The predicted molar refractivity (Wildman–Crippen MR) is 82.7 cm³/mol. The smallest absolute Gasteiger partial charge is 0.259 e. The molecular weight excluding hydrogens is 342 g/mol. The summed E-state index contributed by atoms with van der Waals surface area (Å²) in [6.07, 6.45) is 0. The lowest BCUT2D eigenvalue weighted by Crippen LogP contribution is -2.15. The number of hydrogen-bond acceptors (Lipinski definition) is 3. The summed E-state index contributed by atoms with van der Waals surface area (Å²) in [6.45, 7) is 0. The molecule has 2 rings (SSSR count). The maximum Gasteiger partial charge on any atom is 0.259 e. The number of nitrogens with zero attached hydrogens (tertiary/aromatic N) is 1. The van der Waals surface area contributed by atoms with Gasteiger partial charge in [-0.1, -0.05) is 33.6 Å². The Hall–Kier alpha value is -2.03. The fourth-order valence-electron chi connectivity index (χ4n) is 1.68. The number of carbonyl (C=O) groups excluding carboxylic acids is 1. The first kappa shape index (κ1) is 14.4. The average molecular weight is 351 g/mol. The summed E-state index contributed by atoms with van der Waals surface area (Å²) in [5.74, 6) is -0.452. The number of benzene rings is 2. The van der Waals surface area contributed by atoms with Crippen molar-refractivity contribution in [1.82, 2.24) is 0 Å². The molecule has 0 radical (unpaired) electrons. The molecule has 6 heteroatoms. The first-order chi connectivity index (χ1) is 9.52. The van der Waals surface area contributed by atoms with Crippen LogP contribution >= 0.6 is 27.5 Å². The van der Waals surface area contributed by atoms with E-state index in [1.54, 1.807) is 36.4 Å². The number of rotatable bonds is 2. The van der Waals surface area contributed by atoms with Crippen LogP contribution in [-0.4, -0.2) is 5.91 Å². The van der Waals surface area contributed by atoms with Gasteiger partial charge in [-0.2, -0.15) is 5.26 Å². The van der Waals surface area contributed by atoms with Crippen molar-refractivity contribution >= 4 is 44.8 Å². The van der Waals surface area contributed by atoms with E-state index >= 15 is 0 Å². The lowest BCUT2D eigenvalue weighted by atomic mass is 10.1. The van der Waals surface area contributed by atoms with Crippen molar-refractivity contribution in [2.75, 3.05) is 11.1 Å². The summed E-state index contributed by atoms with van der Waals surface area (Å²) in [5, 5.41) is 12.0. The molecule has 0 aliphatic heterocycles. The number of nitrogens with one attached hydrogen (secondary N) is 1. The number of nitrogen functional groups attached to an aromatic ring is 1. The summed E-state index contributed by atoms with van der Waals surface area (Å²) in [4.78, 5) is 12.2. The summed E-state index contributed by atoms with van der Waals surface area (Å²) in [6, 6.07) is 11.8. The Morgan fingerprint density at radius 1 is 1.35 bits per heavy atom. The monoisotopic (exact) mass is 349 g/mol. The van der Waals surface area contributed by atoms with E-state index in [0.717, 1.165) is 4.47 Å². The minimum Gasteiger partial charge on any atom is -0.398 e. The van der Waals surface area contributed by atoms with Gasteiger partial charge in [0.05, 0.1) is 21.8 Å². The molecule has 0 saturated carbocycles. The first-order valence-corrected chi connectivity index (χ1v) is 6.75. The number of halogens is 2. The molecule has 2 aromatic rings. The molecule has 0 aromatic heterocycles. The normalized spacial score (nSPS) is 9.85. The van der Waals surface area contributed by atoms with Crippen molar-refractivity contribution in [3.8, 4) is 6.07 Å². The molecule has 0 spiro atoms. The Labute approximate surface area is 129 Å². The van der Waals surface area contributed by atoms with Crippen LogP contribution in [-0.2, 0) is 0 Å². The minimum absolute atomic E-state index is 0.195. The zero-order valence-electron chi connectivity index (χ0n) is 10.2. The predicted octanol–water partition coefficient (Wildman–Crippen LogP) is 3.81.